The molecular weight excluding hydrogens is 194 g/mol. The maximum atomic E-state index is 2.25. The van der Waals surface area contributed by atoms with Crippen LogP contribution in [-0.4, -0.2) is 0 Å². The Hall–Kier alpha value is -1.63. The average Bonchev–Trinajstić information content (AvgIpc) is 2.30. The normalized spacial score (nSPS) is 10.8. The molecule has 0 aliphatic rings. The molecule has 0 saturated heterocycles. The van der Waals surface area contributed by atoms with Crippen molar-refractivity contribution in [2.24, 2.45) is 0 Å². The number of benzene rings is 1. The molecule has 0 saturated carbocycles. The third-order valence-electron chi connectivity index (χ3n) is 2.83. The molecule has 2 aromatic rings. The van der Waals surface area contributed by atoms with Crippen LogP contribution in [0.1, 0.15) is 30.9 Å². The van der Waals surface area contributed by atoms with Gasteiger partial charge in [0, 0.05) is 24.3 Å². The van der Waals surface area contributed by atoms with E-state index in [0.717, 1.165) is 0 Å². The third-order valence-corrected chi connectivity index (χ3v) is 2.83. The molecule has 16 heavy (non-hydrogen) atoms. The van der Waals surface area contributed by atoms with Gasteiger partial charge in [0.1, 0.15) is 0 Å². The lowest BCUT2D eigenvalue weighted by molar-refractivity contribution is -0.595. The second-order valence-corrected chi connectivity index (χ2v) is 4.53. The first-order valence-electron chi connectivity index (χ1n) is 5.75. The first-order chi connectivity index (χ1) is 7.66. The fraction of sp³-hybridized carbons (Fsp3) is 0.267. The molecule has 1 heteroatoms. The summed E-state index contributed by atoms with van der Waals surface area (Å²) in [4.78, 5) is 0. The summed E-state index contributed by atoms with van der Waals surface area (Å²) in [5, 5.41) is 0. The highest BCUT2D eigenvalue weighted by Crippen LogP contribution is 2.15. The van der Waals surface area contributed by atoms with Crippen molar-refractivity contribution in [3.05, 3.63) is 59.9 Å². The molecule has 0 fully saturated rings. The summed E-state index contributed by atoms with van der Waals surface area (Å²) in [6.45, 7) is 6.55. The van der Waals surface area contributed by atoms with Crippen molar-refractivity contribution in [1.29, 1.82) is 0 Å². The monoisotopic (exact) mass is 212 g/mol. The van der Waals surface area contributed by atoms with Crippen LogP contribution in [0.3, 0.4) is 0 Å². The van der Waals surface area contributed by atoms with E-state index in [-0.39, 0.29) is 0 Å². The summed E-state index contributed by atoms with van der Waals surface area (Å²) in [5.74, 6) is 0.575. The van der Waals surface area contributed by atoms with Gasteiger partial charge in [0.15, 0.2) is 12.4 Å². The second kappa shape index (κ2) is 4.48. The van der Waals surface area contributed by atoms with Crippen LogP contribution in [-0.2, 0) is 0 Å². The molecular formula is C15H18N+. The summed E-state index contributed by atoms with van der Waals surface area (Å²) in [5.41, 5.74) is 3.90. The third kappa shape index (κ3) is 2.30. The quantitative estimate of drug-likeness (QED) is 0.672. The molecule has 0 bridgehead atoms. The van der Waals surface area contributed by atoms with Crippen LogP contribution < -0.4 is 4.57 Å². The van der Waals surface area contributed by atoms with Gasteiger partial charge in [-0.05, 0) is 24.0 Å². The molecule has 1 aromatic carbocycles. The number of aromatic nitrogens is 1. The lowest BCUT2D eigenvalue weighted by Gasteiger charge is -2.04. The van der Waals surface area contributed by atoms with Crippen LogP contribution in [0.2, 0.25) is 0 Å². The summed E-state index contributed by atoms with van der Waals surface area (Å²) in [6, 6.07) is 13.0. The zero-order valence-electron chi connectivity index (χ0n) is 10.1. The van der Waals surface area contributed by atoms with Gasteiger partial charge < -0.3 is 0 Å². The number of pyridine rings is 1. The van der Waals surface area contributed by atoms with Gasteiger partial charge in [-0.1, -0.05) is 26.0 Å². The zero-order chi connectivity index (χ0) is 11.5. The van der Waals surface area contributed by atoms with Crippen LogP contribution in [0, 0.1) is 6.92 Å². The van der Waals surface area contributed by atoms with Crippen molar-refractivity contribution < 1.29 is 4.57 Å². The number of nitrogens with zero attached hydrogens (tertiary/aromatic N) is 1. The van der Waals surface area contributed by atoms with E-state index >= 15 is 0 Å². The summed E-state index contributed by atoms with van der Waals surface area (Å²) in [7, 11) is 0. The van der Waals surface area contributed by atoms with Crippen molar-refractivity contribution in [2.45, 2.75) is 26.7 Å². The average molecular weight is 212 g/mol. The maximum Gasteiger partial charge on any atom is 0.210 e. The van der Waals surface area contributed by atoms with Gasteiger partial charge in [0.2, 0.25) is 5.69 Å². The highest BCUT2D eigenvalue weighted by atomic mass is 14.9. The molecule has 0 unspecified atom stereocenters. The molecule has 1 nitrogen and oxygen atoms in total. The standard InChI is InChI=1S/C15H18N/c1-12(2)14-5-4-6-15(11-14)16-9-7-13(3)8-10-16/h4-12H,1-3H3/q+1. The van der Waals surface area contributed by atoms with Gasteiger partial charge in [0.25, 0.3) is 0 Å². The molecule has 0 aliphatic carbocycles. The summed E-state index contributed by atoms with van der Waals surface area (Å²) in [6.07, 6.45) is 4.21. The predicted molar refractivity (Wildman–Crippen MR) is 66.8 cm³/mol. The Morgan fingerprint density at radius 2 is 1.69 bits per heavy atom. The van der Waals surface area contributed by atoms with Crippen molar-refractivity contribution in [3.8, 4) is 5.69 Å². The smallest absolute Gasteiger partial charge is 0.167 e. The van der Waals surface area contributed by atoms with Crippen LogP contribution in [0.15, 0.2) is 48.8 Å². The SMILES string of the molecule is Cc1cc[n+](-c2cccc(C(C)C)c2)cc1. The van der Waals surface area contributed by atoms with Crippen molar-refractivity contribution in [1.82, 2.24) is 0 Å². The lowest BCUT2D eigenvalue weighted by Crippen LogP contribution is -2.29. The highest BCUT2D eigenvalue weighted by molar-refractivity contribution is 5.30. The maximum absolute atomic E-state index is 2.25. The predicted octanol–water partition coefficient (Wildman–Crippen LogP) is 3.40. The number of hydrogen-bond acceptors (Lipinski definition) is 0. The van der Waals surface area contributed by atoms with Gasteiger partial charge in [-0.2, -0.15) is 4.57 Å². The van der Waals surface area contributed by atoms with Gasteiger partial charge in [-0.25, -0.2) is 0 Å². The van der Waals surface area contributed by atoms with E-state index in [1.165, 1.54) is 16.8 Å². The molecule has 0 atom stereocenters. The van der Waals surface area contributed by atoms with E-state index in [1.54, 1.807) is 0 Å². The fourth-order valence-electron chi connectivity index (χ4n) is 1.72. The van der Waals surface area contributed by atoms with E-state index in [4.69, 9.17) is 0 Å². The van der Waals surface area contributed by atoms with E-state index in [0.29, 0.717) is 5.92 Å². The Labute approximate surface area is 97.4 Å². The van der Waals surface area contributed by atoms with Gasteiger partial charge in [-0.15, -0.1) is 0 Å². The van der Waals surface area contributed by atoms with Crippen molar-refractivity contribution in [2.75, 3.05) is 0 Å². The van der Waals surface area contributed by atoms with Crippen molar-refractivity contribution >= 4 is 0 Å². The van der Waals surface area contributed by atoms with Gasteiger partial charge in [-0.3, -0.25) is 0 Å². The first-order valence-corrected chi connectivity index (χ1v) is 5.75. The molecule has 2 rings (SSSR count). The molecule has 82 valence electrons. The van der Waals surface area contributed by atoms with Crippen LogP contribution in [0.4, 0.5) is 0 Å². The topological polar surface area (TPSA) is 3.88 Å². The highest BCUT2D eigenvalue weighted by Gasteiger charge is 2.07. The Morgan fingerprint density at radius 3 is 2.31 bits per heavy atom. The number of rotatable bonds is 2. The van der Waals surface area contributed by atoms with Gasteiger partial charge in [0.05, 0.1) is 0 Å². The van der Waals surface area contributed by atoms with Crippen LogP contribution in [0.25, 0.3) is 5.69 Å². The van der Waals surface area contributed by atoms with E-state index in [2.05, 4.69) is 74.1 Å². The summed E-state index contributed by atoms with van der Waals surface area (Å²) >= 11 is 0. The lowest BCUT2D eigenvalue weighted by atomic mass is 10.0. The Bertz CT molecular complexity index is 469. The molecule has 1 aromatic heterocycles. The molecule has 0 spiro atoms. The molecule has 0 radical (unpaired) electrons. The van der Waals surface area contributed by atoms with Crippen molar-refractivity contribution in [3.63, 3.8) is 0 Å². The zero-order valence-corrected chi connectivity index (χ0v) is 10.1. The molecule has 1 heterocycles. The van der Waals surface area contributed by atoms with E-state index in [9.17, 15) is 0 Å². The Morgan fingerprint density at radius 1 is 1.00 bits per heavy atom. The molecule has 0 aliphatic heterocycles. The minimum atomic E-state index is 0.575. The van der Waals surface area contributed by atoms with E-state index in [1.807, 2.05) is 0 Å². The summed E-state index contributed by atoms with van der Waals surface area (Å²) < 4.78 is 2.15. The molecule has 0 N–H and O–H groups in total. The minimum absolute atomic E-state index is 0.575. The minimum Gasteiger partial charge on any atom is -0.167 e. The molecule has 0 amide bonds. The fourth-order valence-corrected chi connectivity index (χ4v) is 1.72. The number of aryl methyl sites for hydroxylation is 1. The first kappa shape index (κ1) is 10.9. The Kier molecular flexibility index (Phi) is 3.04. The largest absolute Gasteiger partial charge is 0.210 e. The Balaban J connectivity index is 2.40. The van der Waals surface area contributed by atoms with E-state index < -0.39 is 0 Å². The van der Waals surface area contributed by atoms with Gasteiger partial charge >= 0.3 is 0 Å². The number of hydrogen-bond donors (Lipinski definition) is 0. The second-order valence-electron chi connectivity index (χ2n) is 4.53. The van der Waals surface area contributed by atoms with Crippen LogP contribution >= 0.6 is 0 Å². The van der Waals surface area contributed by atoms with Crippen LogP contribution in [0.5, 0.6) is 0 Å².